The number of hydrogen-bond donors (Lipinski definition) is 5. The number of hydrogen-bond acceptors (Lipinski definition) is 7. The molecule has 0 fully saturated rings. The van der Waals surface area contributed by atoms with Gasteiger partial charge in [-0.1, -0.05) is 6.92 Å². The number of aliphatic hydroxyl groups is 1. The van der Waals surface area contributed by atoms with Crippen molar-refractivity contribution >= 4 is 11.9 Å². The van der Waals surface area contributed by atoms with Crippen molar-refractivity contribution in [3.63, 3.8) is 0 Å². The molecule has 2 aromatic rings. The first kappa shape index (κ1) is 34.6. The van der Waals surface area contributed by atoms with E-state index in [4.69, 9.17) is 25.5 Å². The number of benzene rings is 1. The molecule has 38 heavy (non-hydrogen) atoms. The Bertz CT molecular complexity index is 993. The van der Waals surface area contributed by atoms with Gasteiger partial charge < -0.3 is 26.4 Å². The summed E-state index contributed by atoms with van der Waals surface area (Å²) in [6.45, 7) is 2.71. The Morgan fingerprint density at radius 2 is 1.47 bits per heavy atom. The monoisotopic (exact) mass is 564 g/mol. The van der Waals surface area contributed by atoms with E-state index in [-0.39, 0.29) is 13.0 Å². The first-order chi connectivity index (χ1) is 17.4. The highest BCUT2D eigenvalue weighted by Gasteiger charge is 2.38. The number of nitrogens with zero attached hydrogens (tertiary/aromatic N) is 2. The second kappa shape index (κ2) is 15.7. The van der Waals surface area contributed by atoms with Gasteiger partial charge in [-0.15, -0.1) is 0 Å². The molecular formula is C21H24F8N4O5. The second-order valence-corrected chi connectivity index (χ2v) is 7.27. The zero-order chi connectivity index (χ0) is 29.7. The number of nitrogens with one attached hydrogen (secondary N) is 1. The molecule has 2 atom stereocenters. The Labute approximate surface area is 210 Å². The van der Waals surface area contributed by atoms with Crippen LogP contribution in [0.2, 0.25) is 0 Å². The van der Waals surface area contributed by atoms with Crippen molar-refractivity contribution in [2.24, 2.45) is 5.73 Å². The smallest absolute Gasteiger partial charge is 0.475 e. The van der Waals surface area contributed by atoms with Crippen LogP contribution in [0.15, 0.2) is 30.5 Å². The van der Waals surface area contributed by atoms with E-state index >= 15 is 0 Å². The third-order valence-electron chi connectivity index (χ3n) is 4.11. The zero-order valence-electron chi connectivity index (χ0n) is 19.5. The molecule has 6 N–H and O–H groups in total. The van der Waals surface area contributed by atoms with E-state index in [2.05, 4.69) is 15.3 Å². The van der Waals surface area contributed by atoms with E-state index in [0.29, 0.717) is 12.1 Å². The van der Waals surface area contributed by atoms with E-state index in [9.17, 15) is 40.2 Å². The maximum atomic E-state index is 13.2. The van der Waals surface area contributed by atoms with Crippen LogP contribution in [0.5, 0.6) is 0 Å². The lowest BCUT2D eigenvalue weighted by Crippen LogP contribution is -2.43. The van der Waals surface area contributed by atoms with Crippen LogP contribution in [0.3, 0.4) is 0 Å². The predicted octanol–water partition coefficient (Wildman–Crippen LogP) is 2.60. The molecule has 0 bridgehead atoms. The number of alkyl halides is 6. The minimum absolute atomic E-state index is 0.186. The minimum atomic E-state index is -5.08. The molecule has 17 heteroatoms. The normalized spacial score (nSPS) is 12.8. The topological polar surface area (TPSA) is 159 Å². The van der Waals surface area contributed by atoms with Gasteiger partial charge in [0.15, 0.2) is 0 Å². The number of aliphatic carboxylic acids is 2. The van der Waals surface area contributed by atoms with Crippen LogP contribution in [0.25, 0.3) is 0 Å². The molecule has 2 rings (SSSR count). The van der Waals surface area contributed by atoms with Crippen LogP contribution in [0, 0.1) is 11.6 Å². The fourth-order valence-corrected chi connectivity index (χ4v) is 2.35. The molecule has 0 spiro atoms. The molecule has 0 radical (unpaired) electrons. The third kappa shape index (κ3) is 15.0. The fourth-order valence-electron chi connectivity index (χ4n) is 2.35. The molecule has 0 aliphatic heterocycles. The Hall–Kier alpha value is -3.44. The molecule has 0 aliphatic rings. The summed E-state index contributed by atoms with van der Waals surface area (Å²) in [5.74, 6) is -6.06. The van der Waals surface area contributed by atoms with Gasteiger partial charge in [0.05, 0.1) is 11.8 Å². The van der Waals surface area contributed by atoms with Gasteiger partial charge in [0, 0.05) is 37.8 Å². The number of aliphatic hydroxyl groups excluding tert-OH is 1. The van der Waals surface area contributed by atoms with E-state index in [1.807, 2.05) is 6.92 Å². The van der Waals surface area contributed by atoms with Crippen LogP contribution in [-0.4, -0.2) is 68.3 Å². The summed E-state index contributed by atoms with van der Waals surface area (Å²) in [5.41, 5.74) is 7.16. The number of carboxylic acid groups (broad SMARTS) is 2. The van der Waals surface area contributed by atoms with Gasteiger partial charge in [-0.05, 0) is 30.2 Å². The van der Waals surface area contributed by atoms with Crippen LogP contribution in [-0.2, 0) is 29.0 Å². The maximum Gasteiger partial charge on any atom is 0.490 e. The third-order valence-corrected chi connectivity index (χ3v) is 4.11. The molecule has 1 heterocycles. The van der Waals surface area contributed by atoms with Crippen molar-refractivity contribution in [2.75, 3.05) is 6.54 Å². The van der Waals surface area contributed by atoms with Crippen molar-refractivity contribution in [3.8, 4) is 0 Å². The summed E-state index contributed by atoms with van der Waals surface area (Å²) in [6, 6.07) is 4.41. The maximum absolute atomic E-state index is 13.2. The van der Waals surface area contributed by atoms with E-state index in [1.54, 1.807) is 12.3 Å². The highest BCUT2D eigenvalue weighted by molar-refractivity contribution is 5.73. The fraction of sp³-hybridized carbons (Fsp3) is 0.429. The van der Waals surface area contributed by atoms with Crippen molar-refractivity contribution < 1.29 is 60.0 Å². The number of carboxylic acids is 2. The first-order valence-electron chi connectivity index (χ1n) is 10.4. The standard InChI is InChI=1S/C17H22F2N4O.2C2HF3O2/c1-2-17-22-4-3-14(23-17)9-21-10-16(24)15(20)7-11-5-12(18)8-13(19)6-11;2*3-2(4,5)1(6)7/h3-6,8,15-16,21,24H,2,7,9-10,20H2,1H3;2*(H,6,7)/t15-,16+;;/m0../s1. The van der Waals surface area contributed by atoms with E-state index in [1.165, 1.54) is 12.1 Å². The average Bonchev–Trinajstić information content (AvgIpc) is 2.78. The molecule has 214 valence electrons. The van der Waals surface area contributed by atoms with Crippen LogP contribution in [0.4, 0.5) is 35.1 Å². The Morgan fingerprint density at radius 1 is 1.00 bits per heavy atom. The van der Waals surface area contributed by atoms with Crippen molar-refractivity contribution in [1.29, 1.82) is 0 Å². The summed E-state index contributed by atoms with van der Waals surface area (Å²) in [6.07, 6.45) is -8.37. The first-order valence-corrected chi connectivity index (χ1v) is 10.4. The van der Waals surface area contributed by atoms with E-state index in [0.717, 1.165) is 24.0 Å². The van der Waals surface area contributed by atoms with Gasteiger partial charge in [-0.2, -0.15) is 26.3 Å². The van der Waals surface area contributed by atoms with Crippen LogP contribution < -0.4 is 11.1 Å². The lowest BCUT2D eigenvalue weighted by atomic mass is 10.0. The Morgan fingerprint density at radius 3 is 1.89 bits per heavy atom. The predicted molar refractivity (Wildman–Crippen MR) is 115 cm³/mol. The summed E-state index contributed by atoms with van der Waals surface area (Å²) in [4.78, 5) is 26.3. The van der Waals surface area contributed by atoms with Crippen LogP contribution in [0.1, 0.15) is 24.0 Å². The van der Waals surface area contributed by atoms with Crippen LogP contribution >= 0.6 is 0 Å². The second-order valence-electron chi connectivity index (χ2n) is 7.27. The summed E-state index contributed by atoms with van der Waals surface area (Å²) < 4.78 is 89.8. The summed E-state index contributed by atoms with van der Waals surface area (Å²) in [7, 11) is 0. The zero-order valence-corrected chi connectivity index (χ0v) is 19.5. The van der Waals surface area contributed by atoms with Gasteiger partial charge in [0.1, 0.15) is 17.5 Å². The van der Waals surface area contributed by atoms with Gasteiger partial charge >= 0.3 is 24.3 Å². The number of carbonyl (C=O) groups is 2. The highest BCUT2D eigenvalue weighted by Crippen LogP contribution is 2.14. The van der Waals surface area contributed by atoms with E-state index < -0.39 is 48.1 Å². The Balaban J connectivity index is 0.000000804. The van der Waals surface area contributed by atoms with Gasteiger partial charge in [0.25, 0.3) is 0 Å². The molecule has 0 aliphatic carbocycles. The van der Waals surface area contributed by atoms with Gasteiger partial charge in [-0.25, -0.2) is 28.3 Å². The van der Waals surface area contributed by atoms with Gasteiger partial charge in [0.2, 0.25) is 0 Å². The number of rotatable bonds is 8. The average molecular weight is 564 g/mol. The molecule has 1 aromatic heterocycles. The largest absolute Gasteiger partial charge is 0.490 e. The molecule has 9 nitrogen and oxygen atoms in total. The van der Waals surface area contributed by atoms with Gasteiger partial charge in [-0.3, -0.25) is 0 Å². The molecule has 0 amide bonds. The summed E-state index contributed by atoms with van der Waals surface area (Å²) >= 11 is 0. The molecule has 0 saturated carbocycles. The highest BCUT2D eigenvalue weighted by atomic mass is 19.4. The lowest BCUT2D eigenvalue weighted by molar-refractivity contribution is -0.193. The SMILES string of the molecule is CCc1nccc(CNC[C@@H](O)[C@@H](N)Cc2cc(F)cc(F)c2)n1.O=C(O)C(F)(F)F.O=C(O)C(F)(F)F. The Kier molecular flexibility index (Phi) is 14.3. The number of aryl methyl sites for hydroxylation is 1. The van der Waals surface area contributed by atoms with Crippen molar-refractivity contribution in [3.05, 3.63) is 59.2 Å². The number of aromatic nitrogens is 2. The number of nitrogens with two attached hydrogens (primary N) is 1. The lowest BCUT2D eigenvalue weighted by Gasteiger charge is -2.19. The van der Waals surface area contributed by atoms with Crippen molar-refractivity contribution in [1.82, 2.24) is 15.3 Å². The molecule has 1 aromatic carbocycles. The minimum Gasteiger partial charge on any atom is -0.475 e. The molecule has 0 unspecified atom stereocenters. The quantitative estimate of drug-likeness (QED) is 0.304. The van der Waals surface area contributed by atoms with Crippen molar-refractivity contribution in [2.45, 2.75) is 50.8 Å². The molecule has 0 saturated heterocycles. The number of halogens is 8. The molecular weight excluding hydrogens is 540 g/mol. The summed E-state index contributed by atoms with van der Waals surface area (Å²) in [5, 5.41) is 27.4.